The number of nitrogens with zero attached hydrogens (tertiary/aromatic N) is 5. The summed E-state index contributed by atoms with van der Waals surface area (Å²) in [5.74, 6) is 0. The van der Waals surface area contributed by atoms with E-state index in [-0.39, 0.29) is 28.5 Å². The van der Waals surface area contributed by atoms with E-state index in [1.165, 1.54) is 10.9 Å². The van der Waals surface area contributed by atoms with Crippen LogP contribution in [0.25, 0.3) is 38.0 Å². The number of H-pyrrole nitrogens is 1. The van der Waals surface area contributed by atoms with Crippen LogP contribution in [0.1, 0.15) is 26.5 Å². The molecule has 0 spiro atoms. The highest BCUT2D eigenvalue weighted by Gasteiger charge is 2.27. The Kier molecular flexibility index (Phi) is 6.99. The number of fused-ring (bicyclic) bond motifs is 1. The maximum absolute atomic E-state index is 12.5. The number of hydrogen-bond acceptors (Lipinski definition) is 8. The molecule has 13 nitrogen and oxygen atoms in total. The minimum Gasteiger partial charge on any atom is -0.444 e. The number of hydrogen-bond donors (Lipinski definition) is 3. The van der Waals surface area contributed by atoms with Gasteiger partial charge in [0.05, 0.1) is 46.0 Å². The molecule has 0 atom stereocenters. The Morgan fingerprint density at radius 3 is 2.69 bits per heavy atom. The Morgan fingerprint density at radius 2 is 2.05 bits per heavy atom. The number of amides is 1. The minimum atomic E-state index is -0.704. The van der Waals surface area contributed by atoms with Crippen molar-refractivity contribution in [3.8, 4) is 22.4 Å². The van der Waals surface area contributed by atoms with Gasteiger partial charge < -0.3 is 15.8 Å². The Balaban J connectivity index is 1.86. The molecule has 0 radical (unpaired) electrons. The van der Waals surface area contributed by atoms with Gasteiger partial charge in [-0.1, -0.05) is 17.7 Å². The minimum absolute atomic E-state index is 0.0296. The standard InChI is InChI=1S/C25H23ClN8O5/c1-25(2,3)39-24(36)29-11-17-14-8-12(6-7-13(14)23(35)32-31-17)15-10-30-33(5)22(15)19-16(28-4)9-18(34(37)38)21(27)20(19)26/h6-10H,11,27H2,1-3,5H3,(H,29,36)(H,32,35). The van der Waals surface area contributed by atoms with Gasteiger partial charge in [-0.15, -0.1) is 0 Å². The molecule has 1 amide bonds. The van der Waals surface area contributed by atoms with E-state index in [9.17, 15) is 19.7 Å². The molecule has 2 aromatic carbocycles. The summed E-state index contributed by atoms with van der Waals surface area (Å²) in [6.07, 6.45) is 0.892. The molecule has 0 bridgehead atoms. The van der Waals surface area contributed by atoms with Crippen LogP contribution in [0.5, 0.6) is 0 Å². The maximum atomic E-state index is 12.5. The Morgan fingerprint density at radius 1 is 1.33 bits per heavy atom. The average molecular weight is 551 g/mol. The zero-order valence-corrected chi connectivity index (χ0v) is 22.1. The number of anilines is 1. The van der Waals surface area contributed by atoms with Crippen LogP contribution in [0, 0.1) is 16.7 Å². The highest BCUT2D eigenvalue weighted by Crippen LogP contribution is 2.47. The second kappa shape index (κ2) is 10.1. The first-order valence-electron chi connectivity index (χ1n) is 11.5. The maximum Gasteiger partial charge on any atom is 0.407 e. The SMILES string of the molecule is [C-]#[N+]c1cc([N+](=O)[O-])c(N)c(Cl)c1-c1c(-c2ccc3c(=O)[nH]nc(CNC(=O)OC(C)(C)C)c3c2)cnn1C. The summed E-state index contributed by atoms with van der Waals surface area (Å²) in [4.78, 5) is 38.8. The number of aromatic amines is 1. The average Bonchev–Trinajstić information content (AvgIpc) is 3.24. The fraction of sp³-hybridized carbons (Fsp3) is 0.240. The highest BCUT2D eigenvalue weighted by molar-refractivity contribution is 6.37. The lowest BCUT2D eigenvalue weighted by molar-refractivity contribution is -0.383. The second-order valence-corrected chi connectivity index (χ2v) is 9.91. The Labute approximate surface area is 226 Å². The predicted octanol–water partition coefficient (Wildman–Crippen LogP) is 4.71. The number of nitro groups is 1. The van der Waals surface area contributed by atoms with Gasteiger partial charge in [-0.2, -0.15) is 10.2 Å². The van der Waals surface area contributed by atoms with Crippen molar-refractivity contribution in [1.82, 2.24) is 25.3 Å². The summed E-state index contributed by atoms with van der Waals surface area (Å²) in [5.41, 5.74) is 6.06. The van der Waals surface area contributed by atoms with Gasteiger partial charge in [-0.25, -0.2) is 14.7 Å². The van der Waals surface area contributed by atoms with Crippen molar-refractivity contribution in [3.63, 3.8) is 0 Å². The smallest absolute Gasteiger partial charge is 0.407 e. The first-order chi connectivity index (χ1) is 18.3. The molecule has 0 saturated heterocycles. The van der Waals surface area contributed by atoms with Crippen molar-refractivity contribution < 1.29 is 14.5 Å². The monoisotopic (exact) mass is 550 g/mol. The third-order valence-corrected chi connectivity index (χ3v) is 6.12. The molecular weight excluding hydrogens is 528 g/mol. The van der Waals surface area contributed by atoms with Gasteiger partial charge in [0.2, 0.25) is 5.69 Å². The van der Waals surface area contributed by atoms with E-state index in [1.807, 2.05) is 0 Å². The normalized spacial score (nSPS) is 11.3. The Bertz CT molecular complexity index is 1750. The fourth-order valence-electron chi connectivity index (χ4n) is 4.04. The number of rotatable bonds is 5. The molecule has 0 saturated carbocycles. The molecule has 0 aliphatic carbocycles. The van der Waals surface area contributed by atoms with Crippen molar-refractivity contribution in [3.05, 3.63) is 73.1 Å². The van der Waals surface area contributed by atoms with Gasteiger partial charge in [0, 0.05) is 29.6 Å². The van der Waals surface area contributed by atoms with Crippen molar-refractivity contribution in [2.45, 2.75) is 32.9 Å². The number of nitrogen functional groups attached to an aromatic ring is 1. The fourth-order valence-corrected chi connectivity index (χ4v) is 4.32. The number of nitro benzene ring substituents is 1. The molecule has 200 valence electrons. The molecular formula is C25H23ClN8O5. The number of carbonyl (C=O) groups excluding carboxylic acids is 1. The lowest BCUT2D eigenvalue weighted by Gasteiger charge is -2.19. The van der Waals surface area contributed by atoms with Gasteiger partial charge in [-0.05, 0) is 38.5 Å². The number of alkyl carbamates (subject to hydrolysis) is 1. The molecule has 39 heavy (non-hydrogen) atoms. The highest BCUT2D eigenvalue weighted by atomic mass is 35.5. The van der Waals surface area contributed by atoms with Gasteiger partial charge in [0.1, 0.15) is 11.3 Å². The van der Waals surface area contributed by atoms with Crippen LogP contribution in [0.4, 0.5) is 21.9 Å². The lowest BCUT2D eigenvalue weighted by atomic mass is 9.97. The zero-order chi connectivity index (χ0) is 28.6. The van der Waals surface area contributed by atoms with Crippen LogP contribution in [0.3, 0.4) is 0 Å². The van der Waals surface area contributed by atoms with Crippen LogP contribution < -0.4 is 16.6 Å². The molecule has 0 unspecified atom stereocenters. The third kappa shape index (κ3) is 5.23. The molecule has 4 rings (SSSR count). The largest absolute Gasteiger partial charge is 0.444 e. The summed E-state index contributed by atoms with van der Waals surface area (Å²) in [6.45, 7) is 12.8. The van der Waals surface area contributed by atoms with Crippen LogP contribution in [-0.4, -0.2) is 36.6 Å². The second-order valence-electron chi connectivity index (χ2n) is 9.53. The van der Waals surface area contributed by atoms with Crippen LogP contribution in [-0.2, 0) is 18.3 Å². The quantitative estimate of drug-likeness (QED) is 0.138. The van der Waals surface area contributed by atoms with Crippen LogP contribution in [0.2, 0.25) is 5.02 Å². The number of aromatic nitrogens is 4. The first kappa shape index (κ1) is 27.1. The number of benzene rings is 2. The molecule has 0 aliphatic heterocycles. The van der Waals surface area contributed by atoms with E-state index in [0.717, 1.165) is 6.07 Å². The van der Waals surface area contributed by atoms with Crippen molar-refractivity contribution in [1.29, 1.82) is 0 Å². The van der Waals surface area contributed by atoms with E-state index < -0.39 is 27.9 Å². The number of ether oxygens (including phenoxy) is 1. The molecule has 0 aliphatic rings. The summed E-state index contributed by atoms with van der Waals surface area (Å²) in [5, 5.41) is 25.5. The van der Waals surface area contributed by atoms with Crippen LogP contribution >= 0.6 is 11.6 Å². The summed E-state index contributed by atoms with van der Waals surface area (Å²) in [6, 6.07) is 6.05. The topological polar surface area (TPSA) is 175 Å². The molecule has 2 aromatic heterocycles. The van der Waals surface area contributed by atoms with Crippen molar-refractivity contribution >= 4 is 45.5 Å². The van der Waals surface area contributed by atoms with Gasteiger partial charge in [-0.3, -0.25) is 19.6 Å². The van der Waals surface area contributed by atoms with E-state index in [4.69, 9.17) is 28.6 Å². The molecule has 4 N–H and O–H groups in total. The van der Waals surface area contributed by atoms with E-state index in [1.54, 1.807) is 46.0 Å². The molecule has 14 heteroatoms. The molecule has 0 fully saturated rings. The summed E-state index contributed by atoms with van der Waals surface area (Å²) >= 11 is 6.49. The number of nitrogens with two attached hydrogens (primary N) is 1. The summed E-state index contributed by atoms with van der Waals surface area (Å²) in [7, 11) is 1.63. The van der Waals surface area contributed by atoms with Crippen molar-refractivity contribution in [2.75, 3.05) is 5.73 Å². The predicted molar refractivity (Wildman–Crippen MR) is 145 cm³/mol. The van der Waals surface area contributed by atoms with E-state index in [2.05, 4.69) is 25.5 Å². The third-order valence-electron chi connectivity index (χ3n) is 5.73. The van der Waals surface area contributed by atoms with E-state index >= 15 is 0 Å². The molecule has 4 aromatic rings. The number of aryl methyl sites for hydroxylation is 1. The van der Waals surface area contributed by atoms with Gasteiger partial charge in [0.15, 0.2) is 0 Å². The van der Waals surface area contributed by atoms with Gasteiger partial charge in [0.25, 0.3) is 11.2 Å². The van der Waals surface area contributed by atoms with Crippen LogP contribution in [0.15, 0.2) is 35.3 Å². The Hall–Kier alpha value is -4.96. The molecule has 2 heterocycles. The van der Waals surface area contributed by atoms with Gasteiger partial charge >= 0.3 is 6.09 Å². The number of halogens is 1. The zero-order valence-electron chi connectivity index (χ0n) is 21.3. The first-order valence-corrected chi connectivity index (χ1v) is 11.8. The van der Waals surface area contributed by atoms with E-state index in [0.29, 0.717) is 33.3 Å². The lowest BCUT2D eigenvalue weighted by Crippen LogP contribution is -2.32. The number of nitrogens with one attached hydrogen (secondary N) is 2. The van der Waals surface area contributed by atoms with Crippen molar-refractivity contribution in [2.24, 2.45) is 7.05 Å². The number of carbonyl (C=O) groups is 1. The summed E-state index contributed by atoms with van der Waals surface area (Å²) < 4.78 is 6.75.